The van der Waals surface area contributed by atoms with Crippen LogP contribution in [0.1, 0.15) is 24.2 Å². The molecule has 0 saturated carbocycles. The van der Waals surface area contributed by atoms with E-state index < -0.39 is 0 Å². The molecule has 3 nitrogen and oxygen atoms in total. The monoisotopic (exact) mass is 224 g/mol. The highest BCUT2D eigenvalue weighted by atomic mass is 16.5. The molecular weight excluding hydrogens is 212 g/mol. The van der Waals surface area contributed by atoms with E-state index in [1.165, 1.54) is 0 Å². The summed E-state index contributed by atoms with van der Waals surface area (Å²) in [5, 5.41) is 8.94. The zero-order valence-electron chi connectivity index (χ0n) is 9.50. The first kappa shape index (κ1) is 11.2. The highest BCUT2D eigenvalue weighted by Gasteiger charge is 2.09. The minimum Gasteiger partial charge on any atom is -0.483 e. The molecule has 1 aromatic carbocycles. The van der Waals surface area contributed by atoms with Gasteiger partial charge in [0.1, 0.15) is 12.2 Å². The van der Waals surface area contributed by atoms with E-state index in [9.17, 15) is 0 Å². The first-order chi connectivity index (χ1) is 8.31. The lowest BCUT2D eigenvalue weighted by molar-refractivity contribution is 0.225. The highest BCUT2D eigenvalue weighted by Crippen LogP contribution is 2.23. The number of pyridine rings is 1. The highest BCUT2D eigenvalue weighted by molar-refractivity contribution is 5.40. The van der Waals surface area contributed by atoms with Crippen molar-refractivity contribution in [2.75, 3.05) is 0 Å². The van der Waals surface area contributed by atoms with Crippen LogP contribution in [0.5, 0.6) is 5.75 Å². The fourth-order valence-corrected chi connectivity index (χ4v) is 1.55. The molecule has 0 radical (unpaired) electrons. The van der Waals surface area contributed by atoms with E-state index in [0.29, 0.717) is 11.3 Å². The van der Waals surface area contributed by atoms with Crippen LogP contribution >= 0.6 is 0 Å². The van der Waals surface area contributed by atoms with Gasteiger partial charge in [-0.25, -0.2) is 0 Å². The lowest BCUT2D eigenvalue weighted by Gasteiger charge is -2.15. The van der Waals surface area contributed by atoms with Gasteiger partial charge in [0.2, 0.25) is 0 Å². The van der Waals surface area contributed by atoms with Crippen molar-refractivity contribution in [1.29, 1.82) is 5.26 Å². The quantitative estimate of drug-likeness (QED) is 0.804. The molecule has 0 saturated heterocycles. The number of aromatic nitrogens is 1. The maximum atomic E-state index is 8.94. The maximum absolute atomic E-state index is 8.94. The first-order valence-corrected chi connectivity index (χ1v) is 5.37. The van der Waals surface area contributed by atoms with Gasteiger partial charge in [0, 0.05) is 6.20 Å². The number of benzene rings is 1. The Morgan fingerprint density at radius 2 is 2.00 bits per heavy atom. The molecule has 1 heterocycles. The van der Waals surface area contributed by atoms with Crippen LogP contribution in [0.3, 0.4) is 0 Å². The van der Waals surface area contributed by atoms with Gasteiger partial charge in [-0.15, -0.1) is 0 Å². The largest absolute Gasteiger partial charge is 0.483 e. The Hall–Kier alpha value is -2.34. The molecular formula is C14H12N2O. The predicted octanol–water partition coefficient (Wildman–Crippen LogP) is 3.09. The van der Waals surface area contributed by atoms with Crippen LogP contribution in [0.15, 0.2) is 48.8 Å². The van der Waals surface area contributed by atoms with Crippen LogP contribution in [0.4, 0.5) is 0 Å². The van der Waals surface area contributed by atoms with Crippen molar-refractivity contribution >= 4 is 0 Å². The zero-order valence-corrected chi connectivity index (χ0v) is 9.50. The molecule has 0 aliphatic rings. The van der Waals surface area contributed by atoms with Crippen LogP contribution in [0.2, 0.25) is 0 Å². The summed E-state index contributed by atoms with van der Waals surface area (Å²) >= 11 is 0. The van der Waals surface area contributed by atoms with E-state index in [4.69, 9.17) is 10.00 Å². The Labute approximate surface area is 100 Å². The number of hydrogen-bond acceptors (Lipinski definition) is 3. The average molecular weight is 224 g/mol. The van der Waals surface area contributed by atoms with Crippen molar-refractivity contribution in [3.63, 3.8) is 0 Å². The van der Waals surface area contributed by atoms with Gasteiger partial charge in [0.15, 0.2) is 5.75 Å². The molecule has 2 aromatic rings. The van der Waals surface area contributed by atoms with Crippen molar-refractivity contribution in [2.24, 2.45) is 0 Å². The molecule has 1 aromatic heterocycles. The summed E-state index contributed by atoms with van der Waals surface area (Å²) in [6.07, 6.45) is 3.05. The smallest absolute Gasteiger partial charge is 0.156 e. The van der Waals surface area contributed by atoms with Crippen molar-refractivity contribution < 1.29 is 4.74 Å². The molecule has 0 N–H and O–H groups in total. The van der Waals surface area contributed by atoms with E-state index in [-0.39, 0.29) is 6.10 Å². The molecule has 0 aliphatic heterocycles. The van der Waals surface area contributed by atoms with Crippen molar-refractivity contribution in [1.82, 2.24) is 4.98 Å². The third-order valence-electron chi connectivity index (χ3n) is 2.48. The molecule has 84 valence electrons. The topological polar surface area (TPSA) is 45.9 Å². The lowest BCUT2D eigenvalue weighted by Crippen LogP contribution is -2.04. The van der Waals surface area contributed by atoms with Crippen LogP contribution in [0, 0.1) is 11.3 Å². The molecule has 17 heavy (non-hydrogen) atoms. The molecule has 3 heteroatoms. The fraction of sp³-hybridized carbons (Fsp3) is 0.143. The summed E-state index contributed by atoms with van der Waals surface area (Å²) in [6, 6.07) is 13.6. The van der Waals surface area contributed by atoms with Gasteiger partial charge >= 0.3 is 0 Å². The first-order valence-electron chi connectivity index (χ1n) is 5.37. The van der Waals surface area contributed by atoms with Crippen LogP contribution < -0.4 is 4.74 Å². The molecule has 0 bridgehead atoms. The minimum absolute atomic E-state index is 0.104. The second-order valence-electron chi connectivity index (χ2n) is 3.65. The summed E-state index contributed by atoms with van der Waals surface area (Å²) in [5.41, 5.74) is 1.57. The van der Waals surface area contributed by atoms with Crippen LogP contribution in [0.25, 0.3) is 0 Å². The minimum atomic E-state index is -0.104. The number of hydrogen-bond donors (Lipinski definition) is 0. The second-order valence-corrected chi connectivity index (χ2v) is 3.65. The predicted molar refractivity (Wildman–Crippen MR) is 64.4 cm³/mol. The fourth-order valence-electron chi connectivity index (χ4n) is 1.55. The Kier molecular flexibility index (Phi) is 3.37. The van der Waals surface area contributed by atoms with Crippen molar-refractivity contribution in [3.05, 3.63) is 59.9 Å². The Morgan fingerprint density at radius 1 is 1.24 bits per heavy atom. The van der Waals surface area contributed by atoms with E-state index in [2.05, 4.69) is 11.1 Å². The van der Waals surface area contributed by atoms with E-state index >= 15 is 0 Å². The van der Waals surface area contributed by atoms with Gasteiger partial charge in [-0.05, 0) is 18.6 Å². The number of rotatable bonds is 3. The lowest BCUT2D eigenvalue weighted by atomic mass is 10.1. The normalized spacial score (nSPS) is 11.5. The molecule has 0 fully saturated rings. The SMILES string of the molecule is CC(Oc1cnccc1C#N)c1ccccc1. The van der Waals surface area contributed by atoms with Crippen molar-refractivity contribution in [3.8, 4) is 11.8 Å². The van der Waals surface area contributed by atoms with Gasteiger partial charge in [0.05, 0.1) is 11.8 Å². The van der Waals surface area contributed by atoms with E-state index in [1.807, 2.05) is 37.3 Å². The van der Waals surface area contributed by atoms with E-state index in [1.54, 1.807) is 18.5 Å². The number of nitrogens with zero attached hydrogens (tertiary/aromatic N) is 2. The molecule has 1 atom stereocenters. The van der Waals surface area contributed by atoms with Gasteiger partial charge in [0.25, 0.3) is 0 Å². The molecule has 0 amide bonds. The van der Waals surface area contributed by atoms with Crippen LogP contribution in [-0.4, -0.2) is 4.98 Å². The van der Waals surface area contributed by atoms with Gasteiger partial charge in [-0.1, -0.05) is 30.3 Å². The number of ether oxygens (including phenoxy) is 1. The van der Waals surface area contributed by atoms with Crippen LogP contribution in [-0.2, 0) is 0 Å². The summed E-state index contributed by atoms with van der Waals surface area (Å²) in [4.78, 5) is 3.96. The van der Waals surface area contributed by atoms with Crippen molar-refractivity contribution in [2.45, 2.75) is 13.0 Å². The third kappa shape index (κ3) is 2.61. The van der Waals surface area contributed by atoms with E-state index in [0.717, 1.165) is 5.56 Å². The van der Waals surface area contributed by atoms with Gasteiger partial charge in [-0.3, -0.25) is 4.98 Å². The van der Waals surface area contributed by atoms with Gasteiger partial charge < -0.3 is 4.74 Å². The summed E-state index contributed by atoms with van der Waals surface area (Å²) in [7, 11) is 0. The summed E-state index contributed by atoms with van der Waals surface area (Å²) in [5.74, 6) is 0.520. The second kappa shape index (κ2) is 5.13. The summed E-state index contributed by atoms with van der Waals surface area (Å²) < 4.78 is 5.74. The standard InChI is InChI=1S/C14H12N2O/c1-11(12-5-3-2-4-6-12)17-14-10-16-8-7-13(14)9-15/h2-8,10-11H,1H3. The molecule has 1 unspecified atom stereocenters. The zero-order chi connectivity index (χ0) is 12.1. The Bertz CT molecular complexity index is 531. The molecule has 2 rings (SSSR count). The molecule has 0 spiro atoms. The molecule has 0 aliphatic carbocycles. The maximum Gasteiger partial charge on any atom is 0.156 e. The Balaban J connectivity index is 2.19. The Morgan fingerprint density at radius 3 is 2.71 bits per heavy atom. The summed E-state index contributed by atoms with van der Waals surface area (Å²) in [6.45, 7) is 1.95. The van der Waals surface area contributed by atoms with Gasteiger partial charge in [-0.2, -0.15) is 5.26 Å². The number of nitriles is 1. The third-order valence-corrected chi connectivity index (χ3v) is 2.48. The average Bonchev–Trinajstić information content (AvgIpc) is 2.40.